The molecule has 1 N–H and O–H groups in total. The fourth-order valence-electron chi connectivity index (χ4n) is 3.51. The van der Waals surface area contributed by atoms with Gasteiger partial charge in [0.2, 0.25) is 5.91 Å². The van der Waals surface area contributed by atoms with Crippen molar-refractivity contribution in [1.29, 1.82) is 0 Å². The summed E-state index contributed by atoms with van der Waals surface area (Å²) in [6, 6.07) is 25.9. The van der Waals surface area contributed by atoms with Gasteiger partial charge >= 0.3 is 0 Å². The maximum atomic E-state index is 13.4. The first-order valence-electron chi connectivity index (χ1n) is 10.1. The molecule has 0 atom stereocenters. The highest BCUT2D eigenvalue weighted by molar-refractivity contribution is 7.92. The lowest BCUT2D eigenvalue weighted by Gasteiger charge is -2.24. The summed E-state index contributed by atoms with van der Waals surface area (Å²) in [6.07, 6.45) is 0. The quantitative estimate of drug-likeness (QED) is 0.357. The van der Waals surface area contributed by atoms with E-state index in [0.29, 0.717) is 10.0 Å². The highest BCUT2D eigenvalue weighted by atomic mass is 35.5. The molecule has 5 nitrogen and oxygen atoms in total. The normalized spacial score (nSPS) is 11.3. The third-order valence-electron chi connectivity index (χ3n) is 5.14. The van der Waals surface area contributed by atoms with Crippen LogP contribution < -0.4 is 9.62 Å². The zero-order valence-corrected chi connectivity index (χ0v) is 19.7. The van der Waals surface area contributed by atoms with Crippen molar-refractivity contribution in [2.75, 3.05) is 10.8 Å². The van der Waals surface area contributed by atoms with Gasteiger partial charge in [0, 0.05) is 16.6 Å². The first-order valence-corrected chi connectivity index (χ1v) is 12.3. The number of carbonyl (C=O) groups excluding carboxylic acids is 1. The van der Waals surface area contributed by atoms with Crippen LogP contribution in [0.25, 0.3) is 10.8 Å². The first kappa shape index (κ1) is 23.1. The Morgan fingerprint density at radius 3 is 2.27 bits per heavy atom. The van der Waals surface area contributed by atoms with E-state index in [-0.39, 0.29) is 17.1 Å². The van der Waals surface area contributed by atoms with Gasteiger partial charge in [-0.1, -0.05) is 71.7 Å². The molecule has 0 saturated heterocycles. The second kappa shape index (κ2) is 9.83. The van der Waals surface area contributed by atoms with E-state index in [1.165, 1.54) is 30.3 Å². The number of hydrogen-bond donors (Lipinski definition) is 1. The Balaban J connectivity index is 1.60. The van der Waals surface area contributed by atoms with Crippen molar-refractivity contribution in [1.82, 2.24) is 5.32 Å². The van der Waals surface area contributed by atoms with Crippen molar-refractivity contribution in [3.8, 4) is 0 Å². The molecule has 4 aromatic carbocycles. The topological polar surface area (TPSA) is 66.5 Å². The lowest BCUT2D eigenvalue weighted by atomic mass is 10.0. The highest BCUT2D eigenvalue weighted by Gasteiger charge is 2.27. The molecular weight excluding hydrogens is 479 g/mol. The number of nitrogens with zero attached hydrogens (tertiary/aromatic N) is 1. The van der Waals surface area contributed by atoms with Gasteiger partial charge in [-0.3, -0.25) is 9.10 Å². The fourth-order valence-corrected chi connectivity index (χ4v) is 5.23. The Labute approximate surface area is 202 Å². The fraction of sp³-hybridized carbons (Fsp3) is 0.0800. The van der Waals surface area contributed by atoms with Crippen LogP contribution in [0.4, 0.5) is 5.69 Å². The van der Waals surface area contributed by atoms with E-state index < -0.39 is 22.5 Å². The van der Waals surface area contributed by atoms with Crippen molar-refractivity contribution in [2.45, 2.75) is 11.4 Å². The lowest BCUT2D eigenvalue weighted by molar-refractivity contribution is -0.119. The molecule has 0 radical (unpaired) electrons. The molecule has 0 unspecified atom stereocenters. The zero-order valence-electron chi connectivity index (χ0n) is 17.4. The predicted molar refractivity (Wildman–Crippen MR) is 133 cm³/mol. The Morgan fingerprint density at radius 1 is 0.818 bits per heavy atom. The van der Waals surface area contributed by atoms with Crippen LogP contribution in [0.15, 0.2) is 95.9 Å². The van der Waals surface area contributed by atoms with Crippen LogP contribution in [0.3, 0.4) is 0 Å². The standard InChI is InChI=1S/C25H20Cl2N2O3S/c26-20-11-13-23(14-12-20)33(31,32)29(22-9-4-8-21(27)15-22)17-25(30)28-16-19-7-3-6-18-5-1-2-10-24(18)19/h1-15H,16-17H2,(H,28,30). The van der Waals surface area contributed by atoms with E-state index in [2.05, 4.69) is 5.32 Å². The molecule has 0 spiro atoms. The molecule has 0 aromatic heterocycles. The molecule has 0 aliphatic heterocycles. The number of hydrogen-bond acceptors (Lipinski definition) is 3. The van der Waals surface area contributed by atoms with E-state index in [1.807, 2.05) is 42.5 Å². The molecule has 0 bridgehead atoms. The molecule has 168 valence electrons. The van der Waals surface area contributed by atoms with Crippen LogP contribution in [-0.4, -0.2) is 20.9 Å². The summed E-state index contributed by atoms with van der Waals surface area (Å²) in [6.45, 7) is -0.138. The minimum absolute atomic E-state index is 0.0220. The van der Waals surface area contributed by atoms with Gasteiger partial charge in [0.25, 0.3) is 10.0 Å². The van der Waals surface area contributed by atoms with E-state index in [4.69, 9.17) is 23.2 Å². The minimum Gasteiger partial charge on any atom is -0.350 e. The lowest BCUT2D eigenvalue weighted by Crippen LogP contribution is -2.40. The van der Waals surface area contributed by atoms with Crippen molar-refractivity contribution in [2.24, 2.45) is 0 Å². The maximum absolute atomic E-state index is 13.4. The molecule has 0 fully saturated rings. The molecule has 0 aliphatic carbocycles. The van der Waals surface area contributed by atoms with Crippen LogP contribution in [0.1, 0.15) is 5.56 Å². The molecule has 0 saturated carbocycles. The summed E-state index contributed by atoms with van der Waals surface area (Å²) in [5, 5.41) is 5.71. The second-order valence-electron chi connectivity index (χ2n) is 7.36. The number of fused-ring (bicyclic) bond motifs is 1. The van der Waals surface area contributed by atoms with Gasteiger partial charge in [0.1, 0.15) is 6.54 Å². The molecule has 0 heterocycles. The first-order chi connectivity index (χ1) is 15.8. The predicted octanol–water partition coefficient (Wildman–Crippen LogP) is 5.66. The number of anilines is 1. The Morgan fingerprint density at radius 2 is 1.52 bits per heavy atom. The number of halogens is 2. The van der Waals surface area contributed by atoms with Gasteiger partial charge in [0.05, 0.1) is 10.6 Å². The van der Waals surface area contributed by atoms with Gasteiger partial charge in [-0.05, 0) is 58.8 Å². The van der Waals surface area contributed by atoms with Gasteiger partial charge in [-0.25, -0.2) is 8.42 Å². The summed E-state index contributed by atoms with van der Waals surface area (Å²) >= 11 is 12.0. The van der Waals surface area contributed by atoms with E-state index in [0.717, 1.165) is 20.6 Å². The van der Waals surface area contributed by atoms with E-state index in [9.17, 15) is 13.2 Å². The molecule has 1 amide bonds. The number of sulfonamides is 1. The number of benzene rings is 4. The number of nitrogens with one attached hydrogen (secondary N) is 1. The van der Waals surface area contributed by atoms with Crippen molar-refractivity contribution >= 4 is 55.6 Å². The summed E-state index contributed by atoms with van der Waals surface area (Å²) in [4.78, 5) is 12.9. The van der Waals surface area contributed by atoms with Gasteiger partial charge in [-0.2, -0.15) is 0 Å². The molecular formula is C25H20Cl2N2O3S. The third-order valence-corrected chi connectivity index (χ3v) is 7.42. The van der Waals surface area contributed by atoms with Gasteiger partial charge in [-0.15, -0.1) is 0 Å². The van der Waals surface area contributed by atoms with Crippen LogP contribution in [0.2, 0.25) is 10.0 Å². The maximum Gasteiger partial charge on any atom is 0.264 e. The summed E-state index contributed by atoms with van der Waals surface area (Å²) in [5.41, 5.74) is 1.23. The summed E-state index contributed by atoms with van der Waals surface area (Å²) < 4.78 is 27.8. The molecule has 33 heavy (non-hydrogen) atoms. The Bertz CT molecular complexity index is 1400. The van der Waals surface area contributed by atoms with Crippen molar-refractivity contribution < 1.29 is 13.2 Å². The van der Waals surface area contributed by atoms with Gasteiger partial charge in [0.15, 0.2) is 0 Å². The largest absolute Gasteiger partial charge is 0.350 e. The van der Waals surface area contributed by atoms with Crippen LogP contribution >= 0.6 is 23.2 Å². The van der Waals surface area contributed by atoms with E-state index in [1.54, 1.807) is 18.2 Å². The SMILES string of the molecule is O=C(CN(c1cccc(Cl)c1)S(=O)(=O)c1ccc(Cl)cc1)NCc1cccc2ccccc12. The molecule has 8 heteroatoms. The zero-order chi connectivity index (χ0) is 23.4. The Kier molecular flexibility index (Phi) is 6.88. The van der Waals surface area contributed by atoms with Crippen LogP contribution in [0.5, 0.6) is 0 Å². The highest BCUT2D eigenvalue weighted by Crippen LogP contribution is 2.27. The van der Waals surface area contributed by atoms with Crippen molar-refractivity contribution in [3.63, 3.8) is 0 Å². The monoisotopic (exact) mass is 498 g/mol. The number of rotatable bonds is 7. The van der Waals surface area contributed by atoms with Crippen LogP contribution in [0, 0.1) is 0 Å². The minimum atomic E-state index is -4.05. The molecule has 4 rings (SSSR count). The number of carbonyl (C=O) groups is 1. The average Bonchev–Trinajstić information content (AvgIpc) is 2.81. The summed E-state index contributed by atoms with van der Waals surface area (Å²) in [7, 11) is -4.05. The van der Waals surface area contributed by atoms with Crippen molar-refractivity contribution in [3.05, 3.63) is 107 Å². The molecule has 0 aliphatic rings. The van der Waals surface area contributed by atoms with Gasteiger partial charge < -0.3 is 5.32 Å². The molecule has 4 aromatic rings. The summed E-state index contributed by atoms with van der Waals surface area (Å²) in [5.74, 6) is -0.444. The number of amides is 1. The second-order valence-corrected chi connectivity index (χ2v) is 10.1. The van der Waals surface area contributed by atoms with E-state index >= 15 is 0 Å². The average molecular weight is 499 g/mol. The smallest absolute Gasteiger partial charge is 0.264 e. The Hall–Kier alpha value is -3.06. The third kappa shape index (κ3) is 5.30. The van der Waals surface area contributed by atoms with Crippen LogP contribution in [-0.2, 0) is 21.4 Å².